The molecule has 4 rings (SSSR count). The van der Waals surface area contributed by atoms with Gasteiger partial charge in [-0.1, -0.05) is 41.9 Å². The molecule has 2 heterocycles. The zero-order valence-corrected chi connectivity index (χ0v) is 13.6. The summed E-state index contributed by atoms with van der Waals surface area (Å²) in [5.74, 6) is 1.18. The second-order valence-corrected chi connectivity index (χ2v) is 6.01. The number of aromatic nitrogens is 2. The predicted octanol–water partition coefficient (Wildman–Crippen LogP) is 4.49. The third-order valence-corrected chi connectivity index (χ3v) is 4.17. The van der Waals surface area contributed by atoms with E-state index in [0.717, 1.165) is 22.2 Å². The number of benzene rings is 2. The third-order valence-electron chi connectivity index (χ3n) is 3.93. The van der Waals surface area contributed by atoms with E-state index in [-0.39, 0.29) is 6.61 Å². The van der Waals surface area contributed by atoms with Gasteiger partial charge in [0.1, 0.15) is 18.1 Å². The Morgan fingerprint density at radius 3 is 2.71 bits per heavy atom. The minimum atomic E-state index is -0.124. The average molecular weight is 339 g/mol. The Morgan fingerprint density at radius 2 is 1.92 bits per heavy atom. The summed E-state index contributed by atoms with van der Waals surface area (Å²) in [7, 11) is 0. The van der Waals surface area contributed by atoms with E-state index in [1.807, 2.05) is 59.3 Å². The maximum Gasteiger partial charge on any atom is 0.155 e. The SMILES string of the molecule is OCc1ccc(-c2nn(Cc3cccc(Cl)c3)c3ccccc23)o1. The van der Waals surface area contributed by atoms with Crippen LogP contribution in [0.2, 0.25) is 5.02 Å². The molecule has 0 saturated carbocycles. The fourth-order valence-electron chi connectivity index (χ4n) is 2.83. The molecular weight excluding hydrogens is 324 g/mol. The molecule has 0 fully saturated rings. The second kappa shape index (κ2) is 6.15. The van der Waals surface area contributed by atoms with E-state index in [0.29, 0.717) is 23.1 Å². The molecule has 0 aliphatic heterocycles. The normalized spacial score (nSPS) is 11.2. The van der Waals surface area contributed by atoms with Gasteiger partial charge < -0.3 is 9.52 Å². The monoisotopic (exact) mass is 338 g/mol. The highest BCUT2D eigenvalue weighted by molar-refractivity contribution is 6.30. The Labute approximate surface area is 143 Å². The number of furan rings is 1. The van der Waals surface area contributed by atoms with Gasteiger partial charge in [0.2, 0.25) is 0 Å². The average Bonchev–Trinajstić information content (AvgIpc) is 3.20. The molecule has 0 atom stereocenters. The highest BCUT2D eigenvalue weighted by Crippen LogP contribution is 2.30. The molecule has 24 heavy (non-hydrogen) atoms. The maximum atomic E-state index is 9.21. The minimum absolute atomic E-state index is 0.124. The third kappa shape index (κ3) is 2.70. The number of nitrogens with zero attached hydrogens (tertiary/aromatic N) is 2. The van der Waals surface area contributed by atoms with E-state index in [4.69, 9.17) is 21.1 Å². The number of hydrogen-bond acceptors (Lipinski definition) is 3. The van der Waals surface area contributed by atoms with Crippen molar-refractivity contribution in [2.45, 2.75) is 13.2 Å². The Kier molecular flexibility index (Phi) is 3.84. The zero-order valence-electron chi connectivity index (χ0n) is 12.8. The van der Waals surface area contributed by atoms with Crippen molar-refractivity contribution in [2.24, 2.45) is 0 Å². The van der Waals surface area contributed by atoms with E-state index < -0.39 is 0 Å². The zero-order chi connectivity index (χ0) is 16.5. The van der Waals surface area contributed by atoms with Gasteiger partial charge in [0.25, 0.3) is 0 Å². The Bertz CT molecular complexity index is 1000. The first-order valence-corrected chi connectivity index (χ1v) is 8.02. The number of para-hydroxylation sites is 1. The Balaban J connectivity index is 1.82. The fraction of sp³-hybridized carbons (Fsp3) is 0.105. The van der Waals surface area contributed by atoms with Crippen molar-refractivity contribution < 1.29 is 9.52 Å². The fourth-order valence-corrected chi connectivity index (χ4v) is 3.04. The molecule has 4 nitrogen and oxygen atoms in total. The summed E-state index contributed by atoms with van der Waals surface area (Å²) in [6.07, 6.45) is 0. The summed E-state index contributed by atoms with van der Waals surface area (Å²) >= 11 is 6.08. The topological polar surface area (TPSA) is 51.2 Å². The molecule has 0 bridgehead atoms. The van der Waals surface area contributed by atoms with Crippen molar-refractivity contribution in [3.63, 3.8) is 0 Å². The standard InChI is InChI=1S/C19H15ClN2O2/c20-14-5-3-4-13(10-14)11-22-17-7-2-1-6-16(17)19(21-22)18-9-8-15(12-23)24-18/h1-10,23H,11-12H2. The van der Waals surface area contributed by atoms with Crippen molar-refractivity contribution >= 4 is 22.5 Å². The molecule has 0 unspecified atom stereocenters. The molecule has 0 aliphatic rings. The quantitative estimate of drug-likeness (QED) is 0.596. The maximum absolute atomic E-state index is 9.21. The number of aliphatic hydroxyl groups excluding tert-OH is 1. The van der Waals surface area contributed by atoms with Crippen LogP contribution in [0.3, 0.4) is 0 Å². The number of aliphatic hydroxyl groups is 1. The first-order valence-electron chi connectivity index (χ1n) is 7.64. The van der Waals surface area contributed by atoms with Crippen LogP contribution in [-0.4, -0.2) is 14.9 Å². The molecular formula is C19H15ClN2O2. The van der Waals surface area contributed by atoms with Crippen LogP contribution < -0.4 is 0 Å². The second-order valence-electron chi connectivity index (χ2n) is 5.58. The van der Waals surface area contributed by atoms with Crippen molar-refractivity contribution in [1.29, 1.82) is 0 Å². The van der Waals surface area contributed by atoms with Gasteiger partial charge in [-0.25, -0.2) is 0 Å². The number of fused-ring (bicyclic) bond motifs is 1. The number of hydrogen-bond donors (Lipinski definition) is 1. The first-order chi connectivity index (χ1) is 11.7. The van der Waals surface area contributed by atoms with E-state index in [1.165, 1.54) is 0 Å². The van der Waals surface area contributed by atoms with Crippen LogP contribution >= 0.6 is 11.6 Å². The molecule has 5 heteroatoms. The lowest BCUT2D eigenvalue weighted by atomic mass is 10.2. The summed E-state index contributed by atoms with van der Waals surface area (Å²) in [5.41, 5.74) is 2.87. The van der Waals surface area contributed by atoms with Gasteiger partial charge in [-0.15, -0.1) is 0 Å². The van der Waals surface area contributed by atoms with E-state index in [9.17, 15) is 5.11 Å². The van der Waals surface area contributed by atoms with Gasteiger partial charge in [0.05, 0.1) is 12.1 Å². The van der Waals surface area contributed by atoms with Crippen LogP contribution in [-0.2, 0) is 13.2 Å². The van der Waals surface area contributed by atoms with Gasteiger partial charge >= 0.3 is 0 Å². The summed E-state index contributed by atoms with van der Waals surface area (Å²) in [4.78, 5) is 0. The lowest BCUT2D eigenvalue weighted by Gasteiger charge is -2.04. The molecule has 2 aromatic carbocycles. The van der Waals surface area contributed by atoms with Crippen molar-refractivity contribution in [1.82, 2.24) is 9.78 Å². The molecule has 0 radical (unpaired) electrons. The predicted molar refractivity (Wildman–Crippen MR) is 93.9 cm³/mol. The minimum Gasteiger partial charge on any atom is -0.457 e. The van der Waals surface area contributed by atoms with Crippen LogP contribution in [0.1, 0.15) is 11.3 Å². The van der Waals surface area contributed by atoms with Crippen LogP contribution in [0.25, 0.3) is 22.4 Å². The summed E-state index contributed by atoms with van der Waals surface area (Å²) in [5, 5.41) is 15.7. The van der Waals surface area contributed by atoms with Gasteiger partial charge in [-0.2, -0.15) is 5.10 Å². The number of rotatable bonds is 4. The van der Waals surface area contributed by atoms with Crippen LogP contribution in [0.5, 0.6) is 0 Å². The van der Waals surface area contributed by atoms with Crippen molar-refractivity contribution in [3.8, 4) is 11.5 Å². The first kappa shape index (κ1) is 15.0. The highest BCUT2D eigenvalue weighted by Gasteiger charge is 2.15. The van der Waals surface area contributed by atoms with Gasteiger partial charge in [0.15, 0.2) is 5.76 Å². The molecule has 1 N–H and O–H groups in total. The lowest BCUT2D eigenvalue weighted by molar-refractivity contribution is 0.248. The largest absolute Gasteiger partial charge is 0.457 e. The van der Waals surface area contributed by atoms with Crippen molar-refractivity contribution in [3.05, 3.63) is 77.0 Å². The van der Waals surface area contributed by atoms with Crippen LogP contribution in [0.15, 0.2) is 65.1 Å². The van der Waals surface area contributed by atoms with Gasteiger partial charge in [-0.3, -0.25) is 4.68 Å². The molecule has 0 amide bonds. The van der Waals surface area contributed by atoms with Gasteiger partial charge in [-0.05, 0) is 35.9 Å². The van der Waals surface area contributed by atoms with Crippen LogP contribution in [0, 0.1) is 0 Å². The molecule has 4 aromatic rings. The van der Waals surface area contributed by atoms with E-state index >= 15 is 0 Å². The summed E-state index contributed by atoms with van der Waals surface area (Å²) in [6.45, 7) is 0.496. The Hall–Kier alpha value is -2.56. The van der Waals surface area contributed by atoms with Crippen LogP contribution in [0.4, 0.5) is 0 Å². The smallest absolute Gasteiger partial charge is 0.155 e. The molecule has 2 aromatic heterocycles. The molecule has 0 aliphatic carbocycles. The number of halogens is 1. The Morgan fingerprint density at radius 1 is 1.04 bits per heavy atom. The molecule has 120 valence electrons. The summed E-state index contributed by atoms with van der Waals surface area (Å²) < 4.78 is 7.60. The van der Waals surface area contributed by atoms with E-state index in [1.54, 1.807) is 6.07 Å². The lowest BCUT2D eigenvalue weighted by Crippen LogP contribution is -2.01. The summed E-state index contributed by atoms with van der Waals surface area (Å²) in [6, 6.07) is 19.4. The highest BCUT2D eigenvalue weighted by atomic mass is 35.5. The van der Waals surface area contributed by atoms with Crippen molar-refractivity contribution in [2.75, 3.05) is 0 Å². The van der Waals surface area contributed by atoms with E-state index in [2.05, 4.69) is 0 Å². The molecule has 0 saturated heterocycles. The van der Waals surface area contributed by atoms with Gasteiger partial charge in [0, 0.05) is 10.4 Å². The molecule has 0 spiro atoms.